The molecule has 0 spiro atoms. The third kappa shape index (κ3) is 4.69. The van der Waals surface area contributed by atoms with Crippen molar-refractivity contribution in [1.82, 2.24) is 4.90 Å². The molecule has 0 saturated carbocycles. The van der Waals surface area contributed by atoms with Crippen molar-refractivity contribution in [2.75, 3.05) is 37.4 Å². The number of quaternary nitrogens is 1. The molecule has 0 bridgehead atoms. The molecule has 2 heterocycles. The molecule has 2 N–H and O–H groups in total. The summed E-state index contributed by atoms with van der Waals surface area (Å²) in [5, 5.41) is 3.15. The number of carbonyl (C=O) groups excluding carboxylic acids is 3. The van der Waals surface area contributed by atoms with Crippen LogP contribution in [0.5, 0.6) is 0 Å². The van der Waals surface area contributed by atoms with Crippen LogP contribution in [0.1, 0.15) is 28.8 Å². The molecule has 2 aliphatic rings. The van der Waals surface area contributed by atoms with Crippen molar-refractivity contribution in [3.63, 3.8) is 0 Å². The van der Waals surface area contributed by atoms with Gasteiger partial charge in [-0.15, -0.1) is 0 Å². The number of imide groups is 1. The Morgan fingerprint density at radius 3 is 2.35 bits per heavy atom. The largest absolute Gasteiger partial charge is 0.350 e. The number of nitrogens with zero attached hydrogens (tertiary/aromatic N) is 2. The number of anilines is 2. The van der Waals surface area contributed by atoms with Crippen LogP contribution in [-0.4, -0.2) is 55.8 Å². The average Bonchev–Trinajstić information content (AvgIpc) is 3.03. The molecule has 34 heavy (non-hydrogen) atoms. The molecular weight excluding hydrogens is 475 g/mol. The zero-order valence-electron chi connectivity index (χ0n) is 19.3. The normalized spacial score (nSPS) is 20.7. The maximum absolute atomic E-state index is 13.1. The summed E-state index contributed by atoms with van der Waals surface area (Å²) in [6.07, 6.45) is 1.97. The lowest BCUT2D eigenvalue weighted by Gasteiger charge is -2.33. The second-order valence-corrected chi connectivity index (χ2v) is 9.69. The number of hydrogen-bond acceptors (Lipinski definition) is 4. The maximum Gasteiger partial charge on any atom is 0.283 e. The SMILES string of the molecule is Cc1ccc(Cl)cc1N1C(=O)C(Cl)=C(Nc2ccc(C(=O)N(C)C3CC[NH+](C)CC3)cc2)C1=O. The zero-order chi connectivity index (χ0) is 24.6. The second kappa shape index (κ2) is 9.78. The van der Waals surface area contributed by atoms with Gasteiger partial charge < -0.3 is 15.1 Å². The number of nitrogens with one attached hydrogen (secondary N) is 2. The number of piperidine rings is 1. The average molecular weight is 502 g/mol. The van der Waals surface area contributed by atoms with Crippen LogP contribution in [0.3, 0.4) is 0 Å². The van der Waals surface area contributed by atoms with Crippen molar-refractivity contribution in [3.8, 4) is 0 Å². The quantitative estimate of drug-likeness (QED) is 0.617. The monoisotopic (exact) mass is 501 g/mol. The Kier molecular flexibility index (Phi) is 6.98. The molecule has 2 aliphatic heterocycles. The van der Waals surface area contributed by atoms with E-state index in [4.69, 9.17) is 23.2 Å². The van der Waals surface area contributed by atoms with Crippen molar-refractivity contribution < 1.29 is 19.3 Å². The summed E-state index contributed by atoms with van der Waals surface area (Å²) in [7, 11) is 4.02. The van der Waals surface area contributed by atoms with E-state index in [2.05, 4.69) is 12.4 Å². The number of rotatable bonds is 5. The van der Waals surface area contributed by atoms with E-state index in [1.807, 2.05) is 11.9 Å². The lowest BCUT2D eigenvalue weighted by molar-refractivity contribution is -0.885. The number of carbonyl (C=O) groups is 3. The molecule has 0 aromatic heterocycles. The van der Waals surface area contributed by atoms with Gasteiger partial charge in [0.05, 0.1) is 25.8 Å². The molecule has 178 valence electrons. The van der Waals surface area contributed by atoms with Crippen LogP contribution < -0.4 is 15.1 Å². The molecule has 2 aromatic rings. The van der Waals surface area contributed by atoms with Crippen LogP contribution in [0.4, 0.5) is 11.4 Å². The molecule has 1 saturated heterocycles. The molecule has 2 aromatic carbocycles. The van der Waals surface area contributed by atoms with E-state index in [9.17, 15) is 14.4 Å². The Morgan fingerprint density at radius 1 is 1.06 bits per heavy atom. The van der Waals surface area contributed by atoms with Gasteiger partial charge in [0, 0.05) is 42.2 Å². The summed E-state index contributed by atoms with van der Waals surface area (Å²) >= 11 is 12.3. The topological polar surface area (TPSA) is 74.2 Å². The van der Waals surface area contributed by atoms with Gasteiger partial charge in [-0.25, -0.2) is 4.90 Å². The summed E-state index contributed by atoms with van der Waals surface area (Å²) < 4.78 is 0. The maximum atomic E-state index is 13.1. The van der Waals surface area contributed by atoms with Crippen molar-refractivity contribution in [2.24, 2.45) is 0 Å². The summed E-state index contributed by atoms with van der Waals surface area (Å²) in [5.74, 6) is -1.22. The van der Waals surface area contributed by atoms with Crippen molar-refractivity contribution in [1.29, 1.82) is 0 Å². The number of aryl methyl sites for hydroxylation is 1. The van der Waals surface area contributed by atoms with Crippen LogP contribution in [0, 0.1) is 6.92 Å². The summed E-state index contributed by atoms with van der Waals surface area (Å²) in [6.45, 7) is 3.89. The fourth-order valence-electron chi connectivity index (χ4n) is 4.35. The fourth-order valence-corrected chi connectivity index (χ4v) is 4.73. The summed E-state index contributed by atoms with van der Waals surface area (Å²) in [4.78, 5) is 43.1. The predicted molar refractivity (Wildman–Crippen MR) is 133 cm³/mol. The highest BCUT2D eigenvalue weighted by molar-refractivity contribution is 6.53. The summed E-state index contributed by atoms with van der Waals surface area (Å²) in [5.41, 5.74) is 2.19. The molecule has 3 amide bonds. The van der Waals surface area contributed by atoms with E-state index in [0.29, 0.717) is 22.0 Å². The standard InChI is InChI=1S/C25H26Cl2N4O3/c1-15-4-7-17(26)14-20(15)31-24(33)21(27)22(25(31)34)28-18-8-5-16(6-9-18)23(32)30(3)19-10-12-29(2)13-11-19/h4-9,14,19,28H,10-13H2,1-3H3/p+1. The van der Waals surface area contributed by atoms with Crippen molar-refractivity contribution in [2.45, 2.75) is 25.8 Å². The highest BCUT2D eigenvalue weighted by atomic mass is 35.5. The minimum atomic E-state index is -0.618. The minimum absolute atomic E-state index is 0.0175. The molecule has 0 radical (unpaired) electrons. The number of halogens is 2. The Labute approximate surface area is 208 Å². The van der Waals surface area contributed by atoms with Crippen molar-refractivity contribution >= 4 is 52.3 Å². The van der Waals surface area contributed by atoms with Gasteiger partial charge >= 0.3 is 0 Å². The van der Waals surface area contributed by atoms with Crippen LogP contribution in [0.2, 0.25) is 5.02 Å². The smallest absolute Gasteiger partial charge is 0.283 e. The Bertz CT molecular complexity index is 1170. The van der Waals surface area contributed by atoms with Gasteiger partial charge in [0.2, 0.25) is 0 Å². The van der Waals surface area contributed by atoms with Crippen LogP contribution in [-0.2, 0) is 9.59 Å². The predicted octanol–water partition coefficient (Wildman–Crippen LogP) is 2.83. The number of benzene rings is 2. The Hall–Kier alpha value is -2.87. The Morgan fingerprint density at radius 2 is 1.71 bits per heavy atom. The number of amides is 3. The van der Waals surface area contributed by atoms with Gasteiger partial charge in [-0.3, -0.25) is 14.4 Å². The first-order valence-electron chi connectivity index (χ1n) is 11.2. The number of likely N-dealkylation sites (tertiary alicyclic amines) is 1. The van der Waals surface area contributed by atoms with E-state index < -0.39 is 11.8 Å². The van der Waals surface area contributed by atoms with E-state index in [0.717, 1.165) is 36.4 Å². The number of hydrogen-bond donors (Lipinski definition) is 2. The third-order valence-corrected chi connectivity index (χ3v) is 7.10. The lowest BCUT2D eigenvalue weighted by Crippen LogP contribution is -3.10. The highest BCUT2D eigenvalue weighted by Gasteiger charge is 2.39. The molecule has 0 atom stereocenters. The third-order valence-electron chi connectivity index (χ3n) is 6.52. The lowest BCUT2D eigenvalue weighted by atomic mass is 10.0. The second-order valence-electron chi connectivity index (χ2n) is 8.87. The first-order valence-corrected chi connectivity index (χ1v) is 11.9. The van der Waals surface area contributed by atoms with E-state index in [1.165, 1.54) is 4.90 Å². The van der Waals surface area contributed by atoms with Gasteiger partial charge in [0.15, 0.2) is 0 Å². The Balaban J connectivity index is 1.48. The molecule has 9 heteroatoms. The first-order chi connectivity index (χ1) is 16.2. The molecule has 4 rings (SSSR count). The van der Waals surface area contributed by atoms with Crippen LogP contribution in [0.25, 0.3) is 0 Å². The van der Waals surface area contributed by atoms with E-state index in [1.54, 1.807) is 49.4 Å². The van der Waals surface area contributed by atoms with Crippen LogP contribution in [0.15, 0.2) is 53.2 Å². The van der Waals surface area contributed by atoms with Gasteiger partial charge in [-0.05, 0) is 48.9 Å². The van der Waals surface area contributed by atoms with Gasteiger partial charge in [-0.2, -0.15) is 0 Å². The molecule has 0 aliphatic carbocycles. The zero-order valence-corrected chi connectivity index (χ0v) is 20.8. The van der Waals surface area contributed by atoms with E-state index in [-0.39, 0.29) is 22.7 Å². The minimum Gasteiger partial charge on any atom is -0.350 e. The van der Waals surface area contributed by atoms with Crippen molar-refractivity contribution in [3.05, 3.63) is 69.3 Å². The van der Waals surface area contributed by atoms with E-state index >= 15 is 0 Å². The molecule has 7 nitrogen and oxygen atoms in total. The van der Waals surface area contributed by atoms with Gasteiger partial charge in [0.1, 0.15) is 10.7 Å². The van der Waals surface area contributed by atoms with Crippen LogP contribution >= 0.6 is 23.2 Å². The van der Waals surface area contributed by atoms with Gasteiger partial charge in [0.25, 0.3) is 17.7 Å². The molecular formula is C25H27Cl2N4O3+. The highest BCUT2D eigenvalue weighted by Crippen LogP contribution is 2.33. The fraction of sp³-hybridized carbons (Fsp3) is 0.320. The molecule has 0 unspecified atom stereocenters. The molecule has 1 fully saturated rings. The van der Waals surface area contributed by atoms with Gasteiger partial charge in [-0.1, -0.05) is 29.3 Å². The first kappa shape index (κ1) is 24.3. The summed E-state index contributed by atoms with van der Waals surface area (Å²) in [6, 6.07) is 12.0.